The lowest BCUT2D eigenvalue weighted by Crippen LogP contribution is -2.29. The average molecular weight is 227 g/mol. The van der Waals surface area contributed by atoms with Crippen LogP contribution in [0.3, 0.4) is 0 Å². The maximum Gasteiger partial charge on any atom is 0.248 e. The molecule has 0 aliphatic carbocycles. The second kappa shape index (κ2) is 4.06. The third-order valence-electron chi connectivity index (χ3n) is 2.61. The molecular weight excluding hydrogens is 216 g/mol. The lowest BCUT2D eigenvalue weighted by Gasteiger charge is -2.16. The zero-order valence-corrected chi connectivity index (χ0v) is 8.80. The van der Waals surface area contributed by atoms with Crippen LogP contribution in [-0.4, -0.2) is 29.4 Å². The second-order valence-electron chi connectivity index (χ2n) is 3.61. The van der Waals surface area contributed by atoms with Crippen molar-refractivity contribution in [3.05, 3.63) is 40.4 Å². The summed E-state index contributed by atoms with van der Waals surface area (Å²) in [4.78, 5) is 12.3. The van der Waals surface area contributed by atoms with E-state index in [1.54, 1.807) is 0 Å². The van der Waals surface area contributed by atoms with E-state index in [1.807, 2.05) is 35.2 Å². The van der Waals surface area contributed by atoms with Crippen molar-refractivity contribution in [2.75, 3.05) is 18.0 Å². The molecule has 1 aromatic carbocycles. The van der Waals surface area contributed by atoms with Crippen molar-refractivity contribution in [3.63, 3.8) is 0 Å². The highest BCUT2D eigenvalue weighted by Gasteiger charge is 2.39. The molecule has 0 radical (unpaired) electrons. The number of benzene rings is 1. The molecule has 0 amide bonds. The van der Waals surface area contributed by atoms with Gasteiger partial charge in [-0.1, -0.05) is 18.2 Å². The summed E-state index contributed by atoms with van der Waals surface area (Å²) in [5.74, 6) is 0. The molecular formula is C10H11ClN2O2. The normalized spacial score (nSPS) is 25.5. The van der Waals surface area contributed by atoms with Gasteiger partial charge in [-0.05, 0) is 12.1 Å². The summed E-state index contributed by atoms with van der Waals surface area (Å²) >= 11 is 5.93. The van der Waals surface area contributed by atoms with E-state index in [9.17, 15) is 10.1 Å². The summed E-state index contributed by atoms with van der Waals surface area (Å²) in [6.07, 6.45) is 0. The fraction of sp³-hybridized carbons (Fsp3) is 0.400. The molecule has 2 atom stereocenters. The molecule has 0 aromatic heterocycles. The van der Waals surface area contributed by atoms with Crippen LogP contribution in [-0.2, 0) is 0 Å². The Kier molecular flexibility index (Phi) is 2.77. The summed E-state index contributed by atoms with van der Waals surface area (Å²) in [5, 5.41) is 10.3. The number of nitrogens with zero attached hydrogens (tertiary/aromatic N) is 2. The van der Waals surface area contributed by atoms with Gasteiger partial charge in [0, 0.05) is 17.2 Å². The highest BCUT2D eigenvalue weighted by Crippen LogP contribution is 2.24. The molecule has 0 saturated carbocycles. The van der Waals surface area contributed by atoms with Gasteiger partial charge in [0.25, 0.3) is 0 Å². The maximum absolute atomic E-state index is 10.7. The van der Waals surface area contributed by atoms with Crippen LogP contribution in [0, 0.1) is 10.1 Å². The highest BCUT2D eigenvalue weighted by atomic mass is 35.5. The predicted molar refractivity (Wildman–Crippen MR) is 59.1 cm³/mol. The van der Waals surface area contributed by atoms with Crippen LogP contribution < -0.4 is 4.90 Å². The van der Waals surface area contributed by atoms with Gasteiger partial charge < -0.3 is 4.90 Å². The van der Waals surface area contributed by atoms with Gasteiger partial charge in [-0.15, -0.1) is 11.6 Å². The smallest absolute Gasteiger partial charge is 0.248 e. The van der Waals surface area contributed by atoms with E-state index in [0.717, 1.165) is 5.69 Å². The number of nitro groups is 1. The summed E-state index contributed by atoms with van der Waals surface area (Å²) in [6, 6.07) is 8.96. The van der Waals surface area contributed by atoms with Gasteiger partial charge in [-0.25, -0.2) is 0 Å². The van der Waals surface area contributed by atoms with E-state index >= 15 is 0 Å². The first-order valence-corrected chi connectivity index (χ1v) is 5.19. The van der Waals surface area contributed by atoms with Crippen molar-refractivity contribution in [1.29, 1.82) is 0 Å². The van der Waals surface area contributed by atoms with Crippen LogP contribution in [0.5, 0.6) is 0 Å². The lowest BCUT2D eigenvalue weighted by atomic mass is 10.3. The maximum atomic E-state index is 10.7. The van der Waals surface area contributed by atoms with Crippen LogP contribution in [0.4, 0.5) is 5.69 Å². The minimum absolute atomic E-state index is 0.291. The molecule has 1 fully saturated rings. The number of alkyl halides is 1. The van der Waals surface area contributed by atoms with E-state index in [2.05, 4.69) is 0 Å². The van der Waals surface area contributed by atoms with Crippen LogP contribution in [0.15, 0.2) is 30.3 Å². The Morgan fingerprint density at radius 3 is 2.53 bits per heavy atom. The largest absolute Gasteiger partial charge is 0.363 e. The molecule has 1 aromatic rings. The fourth-order valence-electron chi connectivity index (χ4n) is 1.80. The van der Waals surface area contributed by atoms with E-state index < -0.39 is 11.4 Å². The fourth-order valence-corrected chi connectivity index (χ4v) is 2.13. The van der Waals surface area contributed by atoms with Gasteiger partial charge >= 0.3 is 0 Å². The summed E-state index contributed by atoms with van der Waals surface area (Å²) in [5.41, 5.74) is 0.993. The topological polar surface area (TPSA) is 46.4 Å². The van der Waals surface area contributed by atoms with E-state index in [-0.39, 0.29) is 4.92 Å². The number of para-hydroxylation sites is 1. The Morgan fingerprint density at radius 2 is 2.00 bits per heavy atom. The Hall–Kier alpha value is -1.29. The first kappa shape index (κ1) is 10.2. The number of rotatable bonds is 2. The molecule has 1 heterocycles. The van der Waals surface area contributed by atoms with Crippen molar-refractivity contribution in [1.82, 2.24) is 0 Å². The predicted octanol–water partition coefficient (Wildman–Crippen LogP) is 1.76. The number of halogens is 1. The molecule has 0 bridgehead atoms. The third kappa shape index (κ3) is 2.04. The van der Waals surface area contributed by atoms with Gasteiger partial charge in [-0.3, -0.25) is 10.1 Å². The van der Waals surface area contributed by atoms with Gasteiger partial charge in [0.2, 0.25) is 6.04 Å². The Labute approximate surface area is 92.6 Å². The molecule has 5 heteroatoms. The first-order chi connectivity index (χ1) is 7.18. The van der Waals surface area contributed by atoms with Crippen molar-refractivity contribution in [2.45, 2.75) is 11.4 Å². The highest BCUT2D eigenvalue weighted by molar-refractivity contribution is 6.21. The van der Waals surface area contributed by atoms with Gasteiger partial charge in [0.15, 0.2) is 0 Å². The van der Waals surface area contributed by atoms with Gasteiger partial charge in [0.05, 0.1) is 6.54 Å². The van der Waals surface area contributed by atoms with Gasteiger partial charge in [-0.2, -0.15) is 0 Å². The van der Waals surface area contributed by atoms with Crippen LogP contribution >= 0.6 is 11.6 Å². The molecule has 2 rings (SSSR count). The molecule has 1 aliphatic rings. The van der Waals surface area contributed by atoms with Gasteiger partial charge in [0.1, 0.15) is 5.38 Å². The number of hydrogen-bond donors (Lipinski definition) is 0. The van der Waals surface area contributed by atoms with Crippen LogP contribution in [0.2, 0.25) is 0 Å². The van der Waals surface area contributed by atoms with Crippen molar-refractivity contribution < 1.29 is 4.92 Å². The zero-order valence-electron chi connectivity index (χ0n) is 8.04. The van der Waals surface area contributed by atoms with Crippen molar-refractivity contribution in [2.24, 2.45) is 0 Å². The van der Waals surface area contributed by atoms with Crippen LogP contribution in [0.1, 0.15) is 0 Å². The molecule has 80 valence electrons. The number of hydrogen-bond acceptors (Lipinski definition) is 3. The standard InChI is InChI=1S/C10H11ClN2O2/c11-9-6-12(7-10(9)13(14)15)8-4-2-1-3-5-8/h1-5,9-10H,6-7H2. The molecule has 4 nitrogen and oxygen atoms in total. The average Bonchev–Trinajstić information content (AvgIpc) is 2.62. The Balaban J connectivity index is 2.13. The quantitative estimate of drug-likeness (QED) is 0.439. The monoisotopic (exact) mass is 226 g/mol. The second-order valence-corrected chi connectivity index (χ2v) is 4.17. The Morgan fingerprint density at radius 1 is 1.33 bits per heavy atom. The first-order valence-electron chi connectivity index (χ1n) is 4.76. The molecule has 0 spiro atoms. The minimum Gasteiger partial charge on any atom is -0.363 e. The van der Waals surface area contributed by atoms with Crippen LogP contribution in [0.25, 0.3) is 0 Å². The lowest BCUT2D eigenvalue weighted by molar-refractivity contribution is -0.515. The molecule has 0 N–H and O–H groups in total. The summed E-state index contributed by atoms with van der Waals surface area (Å²) in [6.45, 7) is 0.933. The molecule has 1 saturated heterocycles. The molecule has 2 unspecified atom stereocenters. The SMILES string of the molecule is O=[N+]([O-])C1CN(c2ccccc2)CC1Cl. The third-order valence-corrected chi connectivity index (χ3v) is 3.04. The summed E-state index contributed by atoms with van der Waals surface area (Å²) < 4.78 is 0. The number of anilines is 1. The molecule has 1 aliphatic heterocycles. The Bertz CT molecular complexity index is 358. The molecule has 15 heavy (non-hydrogen) atoms. The van der Waals surface area contributed by atoms with Crippen molar-refractivity contribution >= 4 is 17.3 Å². The van der Waals surface area contributed by atoms with E-state index in [1.165, 1.54) is 0 Å². The van der Waals surface area contributed by atoms with E-state index in [4.69, 9.17) is 11.6 Å². The zero-order chi connectivity index (χ0) is 10.8. The summed E-state index contributed by atoms with van der Waals surface area (Å²) in [7, 11) is 0. The minimum atomic E-state index is -0.660. The van der Waals surface area contributed by atoms with E-state index in [0.29, 0.717) is 13.1 Å². The van der Waals surface area contributed by atoms with Crippen molar-refractivity contribution in [3.8, 4) is 0 Å².